The van der Waals surface area contributed by atoms with Gasteiger partial charge in [-0.2, -0.15) is 0 Å². The number of hydrogen-bond acceptors (Lipinski definition) is 2. The molecule has 0 fully saturated rings. The third kappa shape index (κ3) is 3.06. The van der Waals surface area contributed by atoms with Crippen LogP contribution in [-0.4, -0.2) is 34.5 Å². The molecule has 4 nitrogen and oxygen atoms in total. The minimum absolute atomic E-state index is 0.116. The Morgan fingerprint density at radius 3 is 1.82 bits per heavy atom. The van der Waals surface area contributed by atoms with Crippen LogP contribution in [-0.2, 0) is 0 Å². The van der Waals surface area contributed by atoms with E-state index in [1.807, 2.05) is 20.8 Å². The lowest BCUT2D eigenvalue weighted by atomic mass is 10.0. The van der Waals surface area contributed by atoms with E-state index in [1.54, 1.807) is 11.9 Å². The number of carboxylic acids is 1. The molecule has 0 unspecified atom stereocenters. The Balaban J connectivity index is 2.95. The van der Waals surface area contributed by atoms with E-state index >= 15 is 0 Å². The lowest BCUT2D eigenvalue weighted by Crippen LogP contribution is -2.42. The van der Waals surface area contributed by atoms with Gasteiger partial charge in [-0.1, -0.05) is 0 Å². The SMILES string of the molecule is CN(C(=O)c1ccc(C(=O)O)cc1)C(C)(C)C. The summed E-state index contributed by atoms with van der Waals surface area (Å²) in [6.07, 6.45) is 0. The molecule has 0 bridgehead atoms. The highest BCUT2D eigenvalue weighted by Crippen LogP contribution is 2.15. The zero-order valence-corrected chi connectivity index (χ0v) is 10.5. The number of carbonyl (C=O) groups is 2. The first-order valence-electron chi connectivity index (χ1n) is 5.35. The van der Waals surface area contributed by atoms with Gasteiger partial charge >= 0.3 is 5.97 Å². The van der Waals surface area contributed by atoms with Gasteiger partial charge in [-0.05, 0) is 45.0 Å². The lowest BCUT2D eigenvalue weighted by molar-refractivity contribution is 0.0651. The van der Waals surface area contributed by atoms with Crippen LogP contribution in [0.2, 0.25) is 0 Å². The summed E-state index contributed by atoms with van der Waals surface area (Å²) in [6.45, 7) is 5.82. The van der Waals surface area contributed by atoms with Crippen molar-refractivity contribution in [3.63, 3.8) is 0 Å². The standard InChI is InChI=1S/C13H17NO3/c1-13(2,3)14(4)11(15)9-5-7-10(8-6-9)12(16)17/h5-8H,1-4H3,(H,16,17). The van der Waals surface area contributed by atoms with Gasteiger partial charge < -0.3 is 10.0 Å². The van der Waals surface area contributed by atoms with Gasteiger partial charge in [-0.3, -0.25) is 4.79 Å². The number of hydrogen-bond donors (Lipinski definition) is 1. The summed E-state index contributed by atoms with van der Waals surface area (Å²) >= 11 is 0. The number of nitrogens with zero attached hydrogens (tertiary/aromatic N) is 1. The highest BCUT2D eigenvalue weighted by Gasteiger charge is 2.23. The van der Waals surface area contributed by atoms with Crippen molar-refractivity contribution in [2.75, 3.05) is 7.05 Å². The van der Waals surface area contributed by atoms with Crippen molar-refractivity contribution < 1.29 is 14.7 Å². The second-order valence-electron chi connectivity index (χ2n) is 4.92. The molecule has 0 saturated carbocycles. The van der Waals surface area contributed by atoms with Crippen LogP contribution in [0, 0.1) is 0 Å². The van der Waals surface area contributed by atoms with Crippen molar-refractivity contribution in [3.8, 4) is 0 Å². The number of carboxylic acid groups (broad SMARTS) is 1. The van der Waals surface area contributed by atoms with Crippen LogP contribution >= 0.6 is 0 Å². The molecule has 1 aromatic carbocycles. The molecule has 0 atom stereocenters. The Kier molecular flexibility index (Phi) is 3.56. The molecule has 0 aliphatic rings. The Morgan fingerprint density at radius 2 is 1.47 bits per heavy atom. The van der Waals surface area contributed by atoms with E-state index in [0.29, 0.717) is 5.56 Å². The highest BCUT2D eigenvalue weighted by atomic mass is 16.4. The molecule has 1 rings (SSSR count). The summed E-state index contributed by atoms with van der Waals surface area (Å²) in [4.78, 5) is 24.4. The largest absolute Gasteiger partial charge is 0.478 e. The molecule has 4 heteroatoms. The summed E-state index contributed by atoms with van der Waals surface area (Å²) in [5.74, 6) is -1.11. The van der Waals surface area contributed by atoms with Crippen molar-refractivity contribution in [3.05, 3.63) is 35.4 Å². The lowest BCUT2D eigenvalue weighted by Gasteiger charge is -2.32. The quantitative estimate of drug-likeness (QED) is 0.855. The van der Waals surface area contributed by atoms with Gasteiger partial charge in [-0.25, -0.2) is 4.79 Å². The minimum atomic E-state index is -0.992. The van der Waals surface area contributed by atoms with Gasteiger partial charge in [0.2, 0.25) is 0 Å². The van der Waals surface area contributed by atoms with E-state index in [9.17, 15) is 9.59 Å². The normalized spacial score (nSPS) is 11.1. The van der Waals surface area contributed by atoms with Crippen LogP contribution in [0.4, 0.5) is 0 Å². The Hall–Kier alpha value is -1.84. The van der Waals surface area contributed by atoms with Crippen LogP contribution < -0.4 is 0 Å². The second kappa shape index (κ2) is 4.57. The number of amides is 1. The molecule has 0 spiro atoms. The first-order chi connectivity index (χ1) is 7.73. The maximum absolute atomic E-state index is 12.1. The molecule has 17 heavy (non-hydrogen) atoms. The number of aromatic carboxylic acids is 1. The topological polar surface area (TPSA) is 57.6 Å². The predicted molar refractivity (Wildman–Crippen MR) is 65.2 cm³/mol. The van der Waals surface area contributed by atoms with Crippen molar-refractivity contribution in [1.82, 2.24) is 4.90 Å². The molecule has 0 saturated heterocycles. The van der Waals surface area contributed by atoms with Gasteiger partial charge in [-0.15, -0.1) is 0 Å². The number of benzene rings is 1. The maximum atomic E-state index is 12.1. The Morgan fingerprint density at radius 1 is 1.06 bits per heavy atom. The number of rotatable bonds is 2. The molecule has 0 aliphatic carbocycles. The highest BCUT2D eigenvalue weighted by molar-refractivity contribution is 5.96. The first kappa shape index (κ1) is 13.2. The maximum Gasteiger partial charge on any atom is 0.335 e. The van der Waals surface area contributed by atoms with Crippen LogP contribution in [0.25, 0.3) is 0 Å². The minimum Gasteiger partial charge on any atom is -0.478 e. The predicted octanol–water partition coefficient (Wildman–Crippen LogP) is 2.26. The van der Waals surface area contributed by atoms with Gasteiger partial charge in [0.25, 0.3) is 5.91 Å². The fourth-order valence-corrected chi connectivity index (χ4v) is 1.25. The van der Waals surface area contributed by atoms with E-state index < -0.39 is 5.97 Å². The van der Waals surface area contributed by atoms with E-state index in [4.69, 9.17) is 5.11 Å². The zero-order valence-electron chi connectivity index (χ0n) is 10.5. The molecule has 1 amide bonds. The van der Waals surface area contributed by atoms with Crippen molar-refractivity contribution >= 4 is 11.9 Å². The average molecular weight is 235 g/mol. The molecule has 92 valence electrons. The van der Waals surface area contributed by atoms with Crippen molar-refractivity contribution in [1.29, 1.82) is 0 Å². The fraction of sp³-hybridized carbons (Fsp3) is 0.385. The summed E-state index contributed by atoms with van der Waals surface area (Å²) in [5.41, 5.74) is 0.412. The van der Waals surface area contributed by atoms with Crippen molar-refractivity contribution in [2.24, 2.45) is 0 Å². The van der Waals surface area contributed by atoms with Crippen LogP contribution in [0.15, 0.2) is 24.3 Å². The summed E-state index contributed by atoms with van der Waals surface area (Å²) in [5, 5.41) is 8.76. The smallest absolute Gasteiger partial charge is 0.335 e. The third-order valence-corrected chi connectivity index (χ3v) is 2.69. The zero-order chi connectivity index (χ0) is 13.2. The van der Waals surface area contributed by atoms with Gasteiger partial charge in [0, 0.05) is 18.2 Å². The second-order valence-corrected chi connectivity index (χ2v) is 4.92. The van der Waals surface area contributed by atoms with Gasteiger partial charge in [0.05, 0.1) is 5.56 Å². The molecule has 0 aliphatic heterocycles. The molecule has 1 N–H and O–H groups in total. The molecule has 0 heterocycles. The van der Waals surface area contributed by atoms with Gasteiger partial charge in [0.15, 0.2) is 0 Å². The fourth-order valence-electron chi connectivity index (χ4n) is 1.25. The van der Waals surface area contributed by atoms with Crippen LogP contribution in [0.3, 0.4) is 0 Å². The Labute approximate surface area is 101 Å². The average Bonchev–Trinajstić information content (AvgIpc) is 2.26. The van der Waals surface area contributed by atoms with E-state index in [1.165, 1.54) is 24.3 Å². The van der Waals surface area contributed by atoms with Crippen LogP contribution in [0.1, 0.15) is 41.5 Å². The number of carbonyl (C=O) groups excluding carboxylic acids is 1. The summed E-state index contributed by atoms with van der Waals surface area (Å²) in [6, 6.07) is 5.94. The summed E-state index contributed by atoms with van der Waals surface area (Å²) in [7, 11) is 1.73. The van der Waals surface area contributed by atoms with Gasteiger partial charge in [0.1, 0.15) is 0 Å². The third-order valence-electron chi connectivity index (χ3n) is 2.69. The monoisotopic (exact) mass is 235 g/mol. The molecule has 0 aromatic heterocycles. The van der Waals surface area contributed by atoms with Crippen LogP contribution in [0.5, 0.6) is 0 Å². The van der Waals surface area contributed by atoms with E-state index in [0.717, 1.165) is 0 Å². The Bertz CT molecular complexity index is 429. The van der Waals surface area contributed by atoms with Crippen molar-refractivity contribution in [2.45, 2.75) is 26.3 Å². The van der Waals surface area contributed by atoms with E-state index in [-0.39, 0.29) is 17.0 Å². The summed E-state index contributed by atoms with van der Waals surface area (Å²) < 4.78 is 0. The molecular weight excluding hydrogens is 218 g/mol. The molecular formula is C13H17NO3. The van der Waals surface area contributed by atoms with E-state index in [2.05, 4.69) is 0 Å². The molecule has 0 radical (unpaired) electrons. The molecule has 1 aromatic rings. The first-order valence-corrected chi connectivity index (χ1v) is 5.35.